The molecule has 0 heterocycles. The first kappa shape index (κ1) is 20.6. The van der Waals surface area contributed by atoms with Gasteiger partial charge in [-0.1, -0.05) is 6.07 Å². The molecule has 0 spiro atoms. The fraction of sp³-hybridized carbons (Fsp3) is 0.167. The molecule has 0 aromatic heterocycles. The highest BCUT2D eigenvalue weighted by molar-refractivity contribution is 5.99. The van der Waals surface area contributed by atoms with Crippen LogP contribution >= 0.6 is 0 Å². The molecule has 0 aliphatic heterocycles. The van der Waals surface area contributed by atoms with E-state index in [-0.39, 0.29) is 16.8 Å². The Morgan fingerprint density at radius 3 is 2.46 bits per heavy atom. The summed E-state index contributed by atoms with van der Waals surface area (Å²) < 4.78 is 30.7. The molecule has 0 fully saturated rings. The Labute approximate surface area is 157 Å². The van der Waals surface area contributed by atoms with Gasteiger partial charge in [0.25, 0.3) is 11.6 Å². The fourth-order valence-corrected chi connectivity index (χ4v) is 2.11. The summed E-state index contributed by atoms with van der Waals surface area (Å²) in [5.41, 5.74) is -0.508. The largest absolute Gasteiger partial charge is 0.456 e. The van der Waals surface area contributed by atoms with E-state index in [0.29, 0.717) is 6.07 Å². The zero-order chi connectivity index (χ0) is 20.8. The number of nitrogens with zero attached hydrogens (tertiary/aromatic N) is 1. The lowest BCUT2D eigenvalue weighted by molar-refractivity contribution is -0.384. The average molecular weight is 392 g/mol. The van der Waals surface area contributed by atoms with Gasteiger partial charge in [0.1, 0.15) is 6.04 Å². The molecule has 1 N–H and O–H groups in total. The number of ether oxygens (including phenoxy) is 1. The number of halogens is 2. The highest BCUT2D eigenvalue weighted by atomic mass is 19.2. The second-order valence-corrected chi connectivity index (χ2v) is 5.66. The molecule has 10 heteroatoms. The standard InChI is InChI=1S/C18H14F2N2O6/c1-10(21-17(24)12-3-2-4-13(7-12)22(26)27)18(25)28-9-16(23)11-5-6-14(19)15(20)8-11/h2-8,10H,9H2,1H3,(H,21,24)/t10-/m0/s1. The van der Waals surface area contributed by atoms with E-state index >= 15 is 0 Å². The zero-order valence-corrected chi connectivity index (χ0v) is 14.5. The average Bonchev–Trinajstić information content (AvgIpc) is 2.67. The van der Waals surface area contributed by atoms with Crippen molar-refractivity contribution in [3.8, 4) is 0 Å². The Morgan fingerprint density at radius 2 is 1.82 bits per heavy atom. The van der Waals surface area contributed by atoms with E-state index in [1.807, 2.05) is 0 Å². The summed E-state index contributed by atoms with van der Waals surface area (Å²) in [6, 6.07) is 6.22. The lowest BCUT2D eigenvalue weighted by Gasteiger charge is -2.13. The van der Waals surface area contributed by atoms with Crippen LogP contribution in [0.2, 0.25) is 0 Å². The summed E-state index contributed by atoms with van der Waals surface area (Å²) in [4.78, 5) is 45.9. The van der Waals surface area contributed by atoms with Crippen LogP contribution in [-0.2, 0) is 9.53 Å². The molecule has 1 atom stereocenters. The third-order valence-corrected chi connectivity index (χ3v) is 3.61. The van der Waals surface area contributed by atoms with Gasteiger partial charge in [-0.15, -0.1) is 0 Å². The van der Waals surface area contributed by atoms with Gasteiger partial charge in [0.05, 0.1) is 4.92 Å². The van der Waals surface area contributed by atoms with Crippen molar-refractivity contribution in [2.24, 2.45) is 0 Å². The molecule has 0 saturated carbocycles. The molecule has 0 bridgehead atoms. The van der Waals surface area contributed by atoms with Crippen molar-refractivity contribution in [2.75, 3.05) is 6.61 Å². The lowest BCUT2D eigenvalue weighted by atomic mass is 10.1. The minimum atomic E-state index is -1.21. The van der Waals surface area contributed by atoms with E-state index in [1.165, 1.54) is 25.1 Å². The zero-order valence-electron chi connectivity index (χ0n) is 14.5. The number of carbonyl (C=O) groups excluding carboxylic acids is 3. The Kier molecular flexibility index (Phi) is 6.48. The van der Waals surface area contributed by atoms with Crippen LogP contribution in [0.5, 0.6) is 0 Å². The first-order valence-electron chi connectivity index (χ1n) is 7.89. The molecule has 0 radical (unpaired) electrons. The fourth-order valence-electron chi connectivity index (χ4n) is 2.11. The van der Waals surface area contributed by atoms with Gasteiger partial charge >= 0.3 is 5.97 Å². The number of rotatable bonds is 7. The van der Waals surface area contributed by atoms with E-state index < -0.39 is 46.9 Å². The summed E-state index contributed by atoms with van der Waals surface area (Å²) >= 11 is 0. The molecule has 2 aromatic rings. The SMILES string of the molecule is C[C@H](NC(=O)c1cccc([N+](=O)[O-])c1)C(=O)OCC(=O)c1ccc(F)c(F)c1. The van der Waals surface area contributed by atoms with E-state index in [2.05, 4.69) is 5.32 Å². The number of hydrogen-bond acceptors (Lipinski definition) is 6. The predicted molar refractivity (Wildman–Crippen MR) is 91.7 cm³/mol. The molecular formula is C18H14F2N2O6. The minimum absolute atomic E-state index is 0.0355. The summed E-state index contributed by atoms with van der Waals surface area (Å²) in [5.74, 6) is -4.79. The molecule has 0 saturated heterocycles. The number of amides is 1. The Balaban J connectivity index is 1.92. The maximum atomic E-state index is 13.1. The Hall–Kier alpha value is -3.69. The highest BCUT2D eigenvalue weighted by Crippen LogP contribution is 2.13. The van der Waals surface area contributed by atoms with Crippen molar-refractivity contribution in [1.29, 1.82) is 0 Å². The van der Waals surface area contributed by atoms with Gasteiger partial charge in [0.2, 0.25) is 0 Å². The maximum Gasteiger partial charge on any atom is 0.328 e. The number of ketones is 1. The monoisotopic (exact) mass is 392 g/mol. The molecule has 2 rings (SSSR count). The van der Waals surface area contributed by atoms with Gasteiger partial charge in [0, 0.05) is 23.3 Å². The van der Waals surface area contributed by atoms with Gasteiger partial charge in [-0.05, 0) is 31.2 Å². The number of carbonyl (C=O) groups is 3. The van der Waals surface area contributed by atoms with Crippen molar-refractivity contribution < 1.29 is 32.8 Å². The Morgan fingerprint density at radius 1 is 1.11 bits per heavy atom. The molecule has 146 valence electrons. The van der Waals surface area contributed by atoms with Crippen LogP contribution in [0.25, 0.3) is 0 Å². The number of benzene rings is 2. The summed E-state index contributed by atoms with van der Waals surface area (Å²) in [5, 5.41) is 13.0. The number of esters is 1. The minimum Gasteiger partial charge on any atom is -0.456 e. The quantitative estimate of drug-likeness (QED) is 0.335. The Bertz CT molecular complexity index is 947. The topological polar surface area (TPSA) is 116 Å². The maximum absolute atomic E-state index is 13.1. The molecule has 28 heavy (non-hydrogen) atoms. The van der Waals surface area contributed by atoms with Crippen molar-refractivity contribution in [3.05, 3.63) is 75.3 Å². The molecule has 1 amide bonds. The van der Waals surface area contributed by atoms with Crippen molar-refractivity contribution in [3.63, 3.8) is 0 Å². The molecule has 0 aliphatic rings. The summed E-state index contributed by atoms with van der Waals surface area (Å²) in [6.07, 6.45) is 0. The highest BCUT2D eigenvalue weighted by Gasteiger charge is 2.21. The van der Waals surface area contributed by atoms with E-state index in [9.17, 15) is 33.3 Å². The van der Waals surface area contributed by atoms with Crippen LogP contribution < -0.4 is 5.32 Å². The third kappa shape index (κ3) is 5.16. The second-order valence-electron chi connectivity index (χ2n) is 5.66. The number of non-ortho nitro benzene ring substituents is 1. The van der Waals surface area contributed by atoms with Gasteiger partial charge in [-0.25, -0.2) is 13.6 Å². The van der Waals surface area contributed by atoms with Crippen molar-refractivity contribution in [2.45, 2.75) is 13.0 Å². The molecular weight excluding hydrogens is 378 g/mol. The van der Waals surface area contributed by atoms with Crippen LogP contribution in [0.4, 0.5) is 14.5 Å². The summed E-state index contributed by atoms with van der Waals surface area (Å²) in [6.45, 7) is 0.556. The molecule has 2 aromatic carbocycles. The number of nitro groups is 1. The first-order valence-corrected chi connectivity index (χ1v) is 7.89. The number of Topliss-reactive ketones (excluding diaryl/α,β-unsaturated/α-hetero) is 1. The van der Waals surface area contributed by atoms with Gasteiger partial charge < -0.3 is 10.1 Å². The summed E-state index contributed by atoms with van der Waals surface area (Å²) in [7, 11) is 0. The van der Waals surface area contributed by atoms with Crippen LogP contribution in [-0.4, -0.2) is 35.2 Å². The van der Waals surface area contributed by atoms with Crippen LogP contribution in [0.3, 0.4) is 0 Å². The van der Waals surface area contributed by atoms with Crippen molar-refractivity contribution >= 4 is 23.3 Å². The number of nitrogens with one attached hydrogen (secondary N) is 1. The molecule has 0 aliphatic carbocycles. The predicted octanol–water partition coefficient (Wildman–Crippen LogP) is 2.42. The van der Waals surface area contributed by atoms with Crippen LogP contribution in [0.15, 0.2) is 42.5 Å². The number of hydrogen-bond donors (Lipinski definition) is 1. The van der Waals surface area contributed by atoms with Gasteiger partial charge in [0.15, 0.2) is 24.0 Å². The number of nitro benzene ring substituents is 1. The second kappa shape index (κ2) is 8.80. The van der Waals surface area contributed by atoms with Crippen LogP contribution in [0.1, 0.15) is 27.6 Å². The third-order valence-electron chi connectivity index (χ3n) is 3.61. The van der Waals surface area contributed by atoms with Gasteiger partial charge in [-0.2, -0.15) is 0 Å². The lowest BCUT2D eigenvalue weighted by Crippen LogP contribution is -2.40. The van der Waals surface area contributed by atoms with Crippen LogP contribution in [0, 0.1) is 21.7 Å². The van der Waals surface area contributed by atoms with E-state index in [4.69, 9.17) is 4.74 Å². The van der Waals surface area contributed by atoms with E-state index in [0.717, 1.165) is 18.2 Å². The van der Waals surface area contributed by atoms with Crippen molar-refractivity contribution in [1.82, 2.24) is 5.32 Å². The smallest absolute Gasteiger partial charge is 0.328 e. The van der Waals surface area contributed by atoms with Gasteiger partial charge in [-0.3, -0.25) is 19.7 Å². The normalized spacial score (nSPS) is 11.4. The first-order chi connectivity index (χ1) is 13.2. The molecule has 8 nitrogen and oxygen atoms in total. The molecule has 0 unspecified atom stereocenters. The van der Waals surface area contributed by atoms with E-state index in [1.54, 1.807) is 0 Å².